The summed E-state index contributed by atoms with van der Waals surface area (Å²) in [6.45, 7) is -0.418. The second kappa shape index (κ2) is 6.14. The highest BCUT2D eigenvalue weighted by Gasteiger charge is 2.42. The molecular formula is C13H14ClF2N3O3S. The summed E-state index contributed by atoms with van der Waals surface area (Å²) >= 11 is 0. The van der Waals surface area contributed by atoms with Crippen LogP contribution in [0.5, 0.6) is 0 Å². The maximum Gasteiger partial charge on any atom is 0.262 e. The van der Waals surface area contributed by atoms with Crippen molar-refractivity contribution >= 4 is 22.2 Å². The lowest BCUT2D eigenvalue weighted by atomic mass is 10.2. The summed E-state index contributed by atoms with van der Waals surface area (Å²) in [6, 6.07) is 5.28. The van der Waals surface area contributed by atoms with Gasteiger partial charge in [0, 0.05) is 18.2 Å². The van der Waals surface area contributed by atoms with E-state index in [1.165, 1.54) is 12.1 Å². The number of nitrogens with zero attached hydrogens (tertiary/aromatic N) is 2. The number of halogens is 3. The number of alkyl halides is 2. The summed E-state index contributed by atoms with van der Waals surface area (Å²) in [7, 11) is -3.28. The predicted octanol–water partition coefficient (Wildman–Crippen LogP) is 2.23. The molecule has 1 aromatic heterocycles. The summed E-state index contributed by atoms with van der Waals surface area (Å²) in [5.74, 6) is -2.46. The highest BCUT2D eigenvalue weighted by atomic mass is 35.5. The summed E-state index contributed by atoms with van der Waals surface area (Å²) in [5.41, 5.74) is 0.548. The van der Waals surface area contributed by atoms with Crippen molar-refractivity contribution in [2.24, 2.45) is 0 Å². The van der Waals surface area contributed by atoms with Gasteiger partial charge in [0.2, 0.25) is 11.7 Å². The fraction of sp³-hybridized carbons (Fsp3) is 0.385. The molecule has 1 unspecified atom stereocenters. The summed E-state index contributed by atoms with van der Waals surface area (Å²) in [6.07, 6.45) is 0.724. The van der Waals surface area contributed by atoms with Crippen molar-refractivity contribution < 1.29 is 21.7 Å². The van der Waals surface area contributed by atoms with Gasteiger partial charge in [-0.3, -0.25) is 5.32 Å². The van der Waals surface area contributed by atoms with Crippen LogP contribution in [0.15, 0.2) is 33.7 Å². The Hall–Kier alpha value is -1.58. The van der Waals surface area contributed by atoms with E-state index in [0.717, 1.165) is 6.26 Å². The molecule has 3 rings (SSSR count). The second-order valence-electron chi connectivity index (χ2n) is 5.25. The molecule has 0 amide bonds. The summed E-state index contributed by atoms with van der Waals surface area (Å²) in [5, 5.41) is 6.38. The van der Waals surface area contributed by atoms with E-state index in [9.17, 15) is 17.2 Å². The molecule has 1 N–H and O–H groups in total. The normalized spacial score (nSPS) is 20.2. The molecule has 1 fully saturated rings. The van der Waals surface area contributed by atoms with Gasteiger partial charge in [-0.25, -0.2) is 17.2 Å². The third-order valence-corrected chi connectivity index (χ3v) is 4.52. The third kappa shape index (κ3) is 3.85. The molecule has 1 aliphatic heterocycles. The minimum absolute atomic E-state index is 0. The molecule has 2 aromatic rings. The maximum absolute atomic E-state index is 13.2. The Morgan fingerprint density at radius 2 is 1.96 bits per heavy atom. The number of hydrogen-bond acceptors (Lipinski definition) is 6. The Morgan fingerprint density at radius 3 is 2.48 bits per heavy atom. The van der Waals surface area contributed by atoms with E-state index in [1.807, 2.05) is 0 Å². The third-order valence-electron chi connectivity index (χ3n) is 3.39. The van der Waals surface area contributed by atoms with Crippen molar-refractivity contribution in [3.8, 4) is 11.4 Å². The Balaban J connectivity index is 0.00000192. The zero-order valence-corrected chi connectivity index (χ0v) is 13.6. The Bertz CT molecular complexity index is 793. The van der Waals surface area contributed by atoms with E-state index in [0.29, 0.717) is 5.56 Å². The fourth-order valence-electron chi connectivity index (χ4n) is 2.24. The highest BCUT2D eigenvalue weighted by molar-refractivity contribution is 7.90. The monoisotopic (exact) mass is 365 g/mol. The zero-order chi connectivity index (χ0) is 16.0. The Kier molecular flexibility index (Phi) is 4.74. The first-order valence-corrected chi connectivity index (χ1v) is 8.39. The summed E-state index contributed by atoms with van der Waals surface area (Å²) in [4.78, 5) is 4.27. The largest absolute Gasteiger partial charge is 0.337 e. The van der Waals surface area contributed by atoms with Crippen molar-refractivity contribution in [2.75, 3.05) is 12.8 Å². The zero-order valence-electron chi connectivity index (χ0n) is 12.0. The standard InChI is InChI=1S/C13H13F2N3O3S.ClH/c1-22(19,20)9-4-2-8(3-5-9)11-17-12(21-18-11)10-6-13(14,15)7-16-10;/h2-5,10,16H,6-7H2,1H3;1H. The molecule has 1 atom stereocenters. The van der Waals surface area contributed by atoms with Gasteiger partial charge in [0.05, 0.1) is 17.5 Å². The number of benzene rings is 1. The molecule has 10 heteroatoms. The molecular weight excluding hydrogens is 352 g/mol. The van der Waals surface area contributed by atoms with Gasteiger partial charge in [-0.15, -0.1) is 12.4 Å². The van der Waals surface area contributed by atoms with Gasteiger partial charge in [0.1, 0.15) is 0 Å². The van der Waals surface area contributed by atoms with Gasteiger partial charge in [-0.2, -0.15) is 4.98 Å². The number of hydrogen-bond donors (Lipinski definition) is 1. The average Bonchev–Trinajstić information content (AvgIpc) is 3.04. The van der Waals surface area contributed by atoms with Gasteiger partial charge in [-0.05, 0) is 24.3 Å². The molecule has 0 spiro atoms. The first kappa shape index (κ1) is 17.8. The van der Waals surface area contributed by atoms with Crippen LogP contribution in [0.2, 0.25) is 0 Å². The van der Waals surface area contributed by atoms with Crippen molar-refractivity contribution in [3.63, 3.8) is 0 Å². The molecule has 0 bridgehead atoms. The van der Waals surface area contributed by atoms with Gasteiger partial charge in [0.25, 0.3) is 5.92 Å². The molecule has 0 radical (unpaired) electrons. The van der Waals surface area contributed by atoms with Crippen LogP contribution in [-0.4, -0.2) is 37.3 Å². The van der Waals surface area contributed by atoms with E-state index in [2.05, 4.69) is 15.5 Å². The first-order valence-electron chi connectivity index (χ1n) is 6.50. The quantitative estimate of drug-likeness (QED) is 0.897. The molecule has 126 valence electrons. The van der Waals surface area contributed by atoms with Crippen LogP contribution in [-0.2, 0) is 9.84 Å². The van der Waals surface area contributed by atoms with Crippen LogP contribution >= 0.6 is 12.4 Å². The van der Waals surface area contributed by atoms with Crippen LogP contribution in [0.1, 0.15) is 18.4 Å². The van der Waals surface area contributed by atoms with Gasteiger partial charge >= 0.3 is 0 Å². The lowest BCUT2D eigenvalue weighted by Crippen LogP contribution is -2.19. The number of nitrogens with one attached hydrogen (secondary N) is 1. The fourth-order valence-corrected chi connectivity index (χ4v) is 2.87. The van der Waals surface area contributed by atoms with Crippen molar-refractivity contribution in [3.05, 3.63) is 30.2 Å². The van der Waals surface area contributed by atoms with Gasteiger partial charge in [-0.1, -0.05) is 5.16 Å². The highest BCUT2D eigenvalue weighted by Crippen LogP contribution is 2.33. The smallest absolute Gasteiger partial charge is 0.262 e. The molecule has 0 saturated carbocycles. The number of rotatable bonds is 3. The summed E-state index contributed by atoms with van der Waals surface area (Å²) < 4.78 is 54.1. The minimum atomic E-state index is -3.28. The second-order valence-corrected chi connectivity index (χ2v) is 7.26. The SMILES string of the molecule is CS(=O)(=O)c1ccc(-c2noc(C3CC(F)(F)CN3)n2)cc1.Cl. The van der Waals surface area contributed by atoms with Crippen LogP contribution in [0.3, 0.4) is 0 Å². The van der Waals surface area contributed by atoms with Crippen LogP contribution in [0, 0.1) is 0 Å². The molecule has 6 nitrogen and oxygen atoms in total. The number of aromatic nitrogens is 2. The molecule has 1 aromatic carbocycles. The van der Waals surface area contributed by atoms with Gasteiger partial charge < -0.3 is 4.52 Å². The lowest BCUT2D eigenvalue weighted by molar-refractivity contribution is 0.0200. The average molecular weight is 366 g/mol. The van der Waals surface area contributed by atoms with E-state index in [1.54, 1.807) is 12.1 Å². The number of sulfone groups is 1. The Labute approximate surface area is 137 Å². The Morgan fingerprint density at radius 1 is 1.30 bits per heavy atom. The van der Waals surface area contributed by atoms with Crippen molar-refractivity contribution in [1.82, 2.24) is 15.5 Å². The van der Waals surface area contributed by atoms with E-state index < -0.39 is 28.3 Å². The van der Waals surface area contributed by atoms with Crippen molar-refractivity contribution in [2.45, 2.75) is 23.3 Å². The maximum atomic E-state index is 13.2. The van der Waals surface area contributed by atoms with E-state index >= 15 is 0 Å². The minimum Gasteiger partial charge on any atom is -0.337 e. The first-order chi connectivity index (χ1) is 10.2. The van der Waals surface area contributed by atoms with Crippen LogP contribution < -0.4 is 5.32 Å². The van der Waals surface area contributed by atoms with Crippen molar-refractivity contribution in [1.29, 1.82) is 0 Å². The van der Waals surface area contributed by atoms with Crippen LogP contribution in [0.25, 0.3) is 11.4 Å². The molecule has 23 heavy (non-hydrogen) atoms. The molecule has 1 saturated heterocycles. The van der Waals surface area contributed by atoms with E-state index in [4.69, 9.17) is 4.52 Å². The van der Waals surface area contributed by atoms with E-state index in [-0.39, 0.29) is 35.4 Å². The topological polar surface area (TPSA) is 85.1 Å². The molecule has 1 aliphatic rings. The predicted molar refractivity (Wildman–Crippen MR) is 80.4 cm³/mol. The molecule has 0 aliphatic carbocycles. The van der Waals surface area contributed by atoms with Gasteiger partial charge in [0.15, 0.2) is 9.84 Å². The van der Waals surface area contributed by atoms with Crippen LogP contribution in [0.4, 0.5) is 8.78 Å². The lowest BCUT2D eigenvalue weighted by Gasteiger charge is -2.04. The molecule has 2 heterocycles.